The van der Waals surface area contributed by atoms with Crippen molar-refractivity contribution in [1.82, 2.24) is 20.5 Å². The number of allylic oxidation sites excluding steroid dienone is 6. The smallest absolute Gasteiger partial charge is 0.123 e. The van der Waals surface area contributed by atoms with Crippen LogP contribution in [0.25, 0.3) is 38.9 Å². The average molecular weight is 567 g/mol. The first-order valence-corrected chi connectivity index (χ1v) is 15.5. The van der Waals surface area contributed by atoms with Gasteiger partial charge >= 0.3 is 0 Å². The lowest BCUT2D eigenvalue weighted by atomic mass is 9.68. The van der Waals surface area contributed by atoms with Gasteiger partial charge in [0.25, 0.3) is 0 Å². The molecule has 2 atom stereocenters. The Kier molecular flexibility index (Phi) is 4.79. The summed E-state index contributed by atoms with van der Waals surface area (Å²) in [6.45, 7) is 1.69. The highest BCUT2D eigenvalue weighted by atomic mass is 15.2. The van der Waals surface area contributed by atoms with E-state index in [0.717, 1.165) is 18.8 Å². The Bertz CT molecular complexity index is 2200. The monoisotopic (exact) mass is 566 g/mol. The van der Waals surface area contributed by atoms with E-state index in [0.29, 0.717) is 0 Å². The largest absolute Gasteiger partial charge is 0.381 e. The molecule has 1 aromatic heterocycles. The van der Waals surface area contributed by atoms with Crippen LogP contribution in [-0.2, 0) is 5.41 Å². The molecule has 44 heavy (non-hydrogen) atoms. The second-order valence-corrected chi connectivity index (χ2v) is 12.2. The third kappa shape index (κ3) is 2.97. The van der Waals surface area contributed by atoms with Gasteiger partial charge in [0.05, 0.1) is 16.4 Å². The van der Waals surface area contributed by atoms with Crippen LogP contribution in [0.3, 0.4) is 0 Å². The molecule has 0 bridgehead atoms. The summed E-state index contributed by atoms with van der Waals surface area (Å²) in [5.41, 5.74) is 14.9. The van der Waals surface area contributed by atoms with Gasteiger partial charge in [-0.3, -0.25) is 0 Å². The molecule has 5 aromatic rings. The molecule has 2 aliphatic carbocycles. The minimum Gasteiger partial charge on any atom is -0.381 e. The van der Waals surface area contributed by atoms with Crippen molar-refractivity contribution in [3.05, 3.63) is 172 Å². The van der Waals surface area contributed by atoms with Gasteiger partial charge in [-0.05, 0) is 58.2 Å². The molecule has 2 unspecified atom stereocenters. The summed E-state index contributed by atoms with van der Waals surface area (Å²) in [6, 6.07) is 33.5. The topological polar surface area (TPSA) is 41.0 Å². The lowest BCUT2D eigenvalue weighted by molar-refractivity contribution is 0.589. The molecule has 3 N–H and O–H groups in total. The van der Waals surface area contributed by atoms with Gasteiger partial charge in [0.1, 0.15) is 6.17 Å². The number of hydrogen-bond donors (Lipinski definition) is 3. The van der Waals surface area contributed by atoms with E-state index in [9.17, 15) is 0 Å². The maximum absolute atomic E-state index is 3.92. The van der Waals surface area contributed by atoms with Crippen molar-refractivity contribution in [2.75, 3.05) is 13.1 Å². The van der Waals surface area contributed by atoms with Crippen LogP contribution in [0.5, 0.6) is 0 Å². The molecular formula is C40H30N4. The van der Waals surface area contributed by atoms with Crippen molar-refractivity contribution in [3.63, 3.8) is 0 Å². The Morgan fingerprint density at radius 3 is 2.02 bits per heavy atom. The van der Waals surface area contributed by atoms with Gasteiger partial charge in [-0.1, -0.05) is 103 Å². The molecule has 0 fully saturated rings. The molecule has 4 heterocycles. The second kappa shape index (κ2) is 8.77. The summed E-state index contributed by atoms with van der Waals surface area (Å²) in [7, 11) is 0. The van der Waals surface area contributed by atoms with Crippen molar-refractivity contribution < 1.29 is 0 Å². The van der Waals surface area contributed by atoms with Crippen LogP contribution in [0, 0.1) is 0 Å². The Balaban J connectivity index is 1.14. The Morgan fingerprint density at radius 1 is 0.659 bits per heavy atom. The highest BCUT2D eigenvalue weighted by Crippen LogP contribution is 2.61. The lowest BCUT2D eigenvalue weighted by Crippen LogP contribution is -2.30. The first-order valence-electron chi connectivity index (χ1n) is 15.5. The Labute approximate surface area is 256 Å². The number of nitrogens with one attached hydrogen (secondary N) is 3. The molecule has 4 nitrogen and oxygen atoms in total. The van der Waals surface area contributed by atoms with Gasteiger partial charge in [-0.15, -0.1) is 0 Å². The van der Waals surface area contributed by atoms with Crippen molar-refractivity contribution in [2.45, 2.75) is 11.6 Å². The number of rotatable bonds is 2. The van der Waals surface area contributed by atoms with Crippen LogP contribution < -0.4 is 16.0 Å². The number of dihydropyridines is 3. The van der Waals surface area contributed by atoms with Crippen molar-refractivity contribution >= 4 is 38.9 Å². The minimum atomic E-state index is -0.363. The SMILES string of the molecule is C1=CC(n2c3ccccc3c3ccccc32)NC(c2ccc3c(c2)C2(C4=C(NCC=C4)c4ccccc42)C2=C3NCC=C2)=C1. The second-order valence-electron chi connectivity index (χ2n) is 12.2. The zero-order valence-corrected chi connectivity index (χ0v) is 24.1. The molecule has 0 amide bonds. The maximum Gasteiger partial charge on any atom is 0.123 e. The van der Waals surface area contributed by atoms with Gasteiger partial charge in [0.2, 0.25) is 0 Å². The molecule has 0 saturated carbocycles. The molecule has 4 aromatic carbocycles. The maximum atomic E-state index is 3.92. The number of fused-ring (bicyclic) bond motifs is 11. The number of aromatic nitrogens is 1. The zero-order valence-electron chi connectivity index (χ0n) is 24.1. The normalized spacial score (nSPS) is 22.5. The minimum absolute atomic E-state index is 0.00931. The first kappa shape index (κ1) is 24.0. The molecule has 1 spiro atoms. The highest BCUT2D eigenvalue weighted by molar-refractivity contribution is 6.08. The lowest BCUT2D eigenvalue weighted by Gasteiger charge is -2.34. The summed E-state index contributed by atoms with van der Waals surface area (Å²) >= 11 is 0. The van der Waals surface area contributed by atoms with Crippen LogP contribution in [0.4, 0.5) is 0 Å². The number of hydrogen-bond acceptors (Lipinski definition) is 3. The standard InChI is InChI=1S/C40H30N4/c1-4-13-30-28(12-1)38-31(14-8-22-41-38)40(30)32-15-9-23-42-39(32)29-21-20-25(24-33(29)40)34-16-7-19-37(43-34)44-35-17-5-2-10-26(35)27-11-3-6-18-36(27)44/h1-21,24,37,41-43H,22-23H2. The summed E-state index contributed by atoms with van der Waals surface area (Å²) < 4.78 is 2.43. The van der Waals surface area contributed by atoms with Gasteiger partial charge in [0.15, 0.2) is 0 Å². The summed E-state index contributed by atoms with van der Waals surface area (Å²) in [4.78, 5) is 0. The van der Waals surface area contributed by atoms with E-state index in [2.05, 4.69) is 154 Å². The molecule has 10 rings (SSSR count). The Morgan fingerprint density at radius 2 is 1.30 bits per heavy atom. The number of para-hydroxylation sites is 2. The summed E-state index contributed by atoms with van der Waals surface area (Å²) in [6.07, 6.45) is 15.9. The van der Waals surface area contributed by atoms with Crippen LogP contribution in [0.15, 0.2) is 145 Å². The first-order chi connectivity index (χ1) is 21.8. The van der Waals surface area contributed by atoms with Crippen molar-refractivity contribution in [1.29, 1.82) is 0 Å². The molecule has 0 radical (unpaired) electrons. The fourth-order valence-corrected chi connectivity index (χ4v) is 8.37. The Hall–Kier alpha value is -5.48. The average Bonchev–Trinajstić information content (AvgIpc) is 3.70. The van der Waals surface area contributed by atoms with E-state index in [4.69, 9.17) is 0 Å². The third-order valence-electron chi connectivity index (χ3n) is 10.1. The van der Waals surface area contributed by atoms with E-state index in [1.54, 1.807) is 0 Å². The third-order valence-corrected chi connectivity index (χ3v) is 10.1. The van der Waals surface area contributed by atoms with E-state index in [1.807, 2.05) is 0 Å². The van der Waals surface area contributed by atoms with Gasteiger partial charge in [0, 0.05) is 52.1 Å². The van der Waals surface area contributed by atoms with E-state index < -0.39 is 0 Å². The molecule has 5 aliphatic rings. The predicted molar refractivity (Wildman–Crippen MR) is 181 cm³/mol. The summed E-state index contributed by atoms with van der Waals surface area (Å²) in [5.74, 6) is 0. The van der Waals surface area contributed by atoms with Gasteiger partial charge in [-0.2, -0.15) is 0 Å². The fraction of sp³-hybridized carbons (Fsp3) is 0.100. The van der Waals surface area contributed by atoms with E-state index in [-0.39, 0.29) is 11.6 Å². The highest BCUT2D eigenvalue weighted by Gasteiger charge is 2.54. The number of nitrogens with zero attached hydrogens (tertiary/aromatic N) is 1. The molecule has 3 aliphatic heterocycles. The van der Waals surface area contributed by atoms with Crippen LogP contribution >= 0.6 is 0 Å². The van der Waals surface area contributed by atoms with Crippen molar-refractivity contribution in [2.24, 2.45) is 0 Å². The molecule has 210 valence electrons. The quantitative estimate of drug-likeness (QED) is 0.207. The van der Waals surface area contributed by atoms with Gasteiger partial charge < -0.3 is 20.5 Å². The van der Waals surface area contributed by atoms with Crippen LogP contribution in [-0.4, -0.2) is 17.7 Å². The van der Waals surface area contributed by atoms with Crippen LogP contribution in [0.2, 0.25) is 0 Å². The number of benzene rings is 4. The summed E-state index contributed by atoms with van der Waals surface area (Å²) in [5, 5.41) is 14.0. The van der Waals surface area contributed by atoms with E-state index in [1.165, 1.54) is 72.2 Å². The van der Waals surface area contributed by atoms with E-state index >= 15 is 0 Å². The zero-order chi connectivity index (χ0) is 28.8. The van der Waals surface area contributed by atoms with Crippen molar-refractivity contribution in [3.8, 4) is 0 Å². The fourth-order valence-electron chi connectivity index (χ4n) is 8.37. The predicted octanol–water partition coefficient (Wildman–Crippen LogP) is 7.55. The van der Waals surface area contributed by atoms with Crippen LogP contribution in [0.1, 0.15) is 34.0 Å². The molecular weight excluding hydrogens is 536 g/mol. The molecule has 0 saturated heterocycles. The van der Waals surface area contributed by atoms with Gasteiger partial charge in [-0.25, -0.2) is 0 Å². The molecule has 4 heteroatoms.